The number of piperidine rings is 1. The minimum atomic E-state index is -4.08. The lowest BCUT2D eigenvalue weighted by molar-refractivity contribution is -0.155. The molecule has 2 atom stereocenters. The lowest BCUT2D eigenvalue weighted by atomic mass is 10.00. The van der Waals surface area contributed by atoms with E-state index in [0.29, 0.717) is 60.6 Å². The number of carbonyl (C=O) groups excluding carboxylic acids is 1. The topological polar surface area (TPSA) is 142 Å². The number of benzene rings is 3. The third kappa shape index (κ3) is 8.31. The van der Waals surface area contributed by atoms with Gasteiger partial charge in [-0.1, -0.05) is 48.5 Å². The monoisotopic (exact) mass is 674 g/mol. The number of hydrogen-bond acceptors (Lipinski definition) is 9. The van der Waals surface area contributed by atoms with E-state index in [-0.39, 0.29) is 11.4 Å². The summed E-state index contributed by atoms with van der Waals surface area (Å²) in [5.74, 6) is -0.352. The van der Waals surface area contributed by atoms with Crippen LogP contribution in [0.25, 0.3) is 11.3 Å². The van der Waals surface area contributed by atoms with E-state index in [1.807, 2.05) is 42.5 Å². The second-order valence-electron chi connectivity index (χ2n) is 11.3. The third-order valence-corrected chi connectivity index (χ3v) is 10.0. The summed E-state index contributed by atoms with van der Waals surface area (Å²) in [6.45, 7) is -0.368. The summed E-state index contributed by atoms with van der Waals surface area (Å²) in [5.41, 5.74) is 2.98. The van der Waals surface area contributed by atoms with E-state index in [1.54, 1.807) is 50.6 Å². The Kier molecular flexibility index (Phi) is 11.3. The van der Waals surface area contributed by atoms with Crippen molar-refractivity contribution in [3.63, 3.8) is 0 Å². The van der Waals surface area contributed by atoms with Crippen molar-refractivity contribution in [2.24, 2.45) is 0 Å². The fourth-order valence-electron chi connectivity index (χ4n) is 5.67. The lowest BCUT2D eigenvalue weighted by Gasteiger charge is -2.34. The van der Waals surface area contributed by atoms with Crippen LogP contribution in [0, 0.1) is 0 Å². The highest BCUT2D eigenvalue weighted by atomic mass is 32.2. The van der Waals surface area contributed by atoms with Crippen molar-refractivity contribution in [2.45, 2.75) is 49.1 Å². The van der Waals surface area contributed by atoms with E-state index in [2.05, 4.69) is 4.98 Å². The van der Waals surface area contributed by atoms with Gasteiger partial charge in [0.2, 0.25) is 10.0 Å². The molecule has 0 unspecified atom stereocenters. The molecule has 1 aromatic heterocycles. The van der Waals surface area contributed by atoms with Gasteiger partial charge in [0.1, 0.15) is 22.8 Å². The second-order valence-corrected chi connectivity index (χ2v) is 13.2. The summed E-state index contributed by atoms with van der Waals surface area (Å²) >= 11 is 0. The van der Waals surface area contributed by atoms with Crippen LogP contribution in [0.1, 0.15) is 42.9 Å². The molecule has 0 spiro atoms. The number of carboxylic acids is 1. The SMILES string of the molecule is COc1ccc(CC[C@@H](OC(=O)[C@@H]2CCCCN2S(=O)(=O)c2ccc(-c3ccccc3)nc2)c2cccc(OCC(=O)O)c2)cc1OC. The molecule has 1 fully saturated rings. The lowest BCUT2D eigenvalue weighted by Crippen LogP contribution is -2.48. The zero-order valence-electron chi connectivity index (χ0n) is 26.8. The zero-order valence-corrected chi connectivity index (χ0v) is 27.6. The average molecular weight is 675 g/mol. The highest BCUT2D eigenvalue weighted by Gasteiger charge is 2.39. The number of ether oxygens (including phenoxy) is 4. The second kappa shape index (κ2) is 15.8. The molecular weight excluding hydrogens is 636 g/mol. The molecule has 0 bridgehead atoms. The number of aromatic nitrogens is 1. The Hall–Kier alpha value is -4.94. The van der Waals surface area contributed by atoms with E-state index in [4.69, 9.17) is 24.1 Å². The van der Waals surface area contributed by atoms with Crippen LogP contribution in [0.15, 0.2) is 96.0 Å². The first-order valence-electron chi connectivity index (χ1n) is 15.6. The summed E-state index contributed by atoms with van der Waals surface area (Å²) < 4.78 is 51.3. The van der Waals surface area contributed by atoms with Gasteiger partial charge >= 0.3 is 11.9 Å². The number of methoxy groups -OCH3 is 2. The van der Waals surface area contributed by atoms with Gasteiger partial charge in [-0.15, -0.1) is 0 Å². The van der Waals surface area contributed by atoms with E-state index in [9.17, 15) is 18.0 Å². The van der Waals surface area contributed by atoms with Gasteiger partial charge in [-0.3, -0.25) is 9.78 Å². The first kappa shape index (κ1) is 34.4. The van der Waals surface area contributed by atoms with Crippen molar-refractivity contribution in [1.29, 1.82) is 0 Å². The number of pyridine rings is 1. The Bertz CT molecular complexity index is 1820. The first-order valence-corrected chi connectivity index (χ1v) is 17.0. The Labute approximate surface area is 280 Å². The van der Waals surface area contributed by atoms with Crippen LogP contribution in [0.2, 0.25) is 0 Å². The minimum absolute atomic E-state index is 0.00448. The molecule has 252 valence electrons. The van der Waals surface area contributed by atoms with E-state index in [0.717, 1.165) is 11.1 Å². The minimum Gasteiger partial charge on any atom is -0.493 e. The van der Waals surface area contributed by atoms with Crippen LogP contribution >= 0.6 is 0 Å². The van der Waals surface area contributed by atoms with Gasteiger partial charge in [0.15, 0.2) is 18.1 Å². The van der Waals surface area contributed by atoms with Crippen LogP contribution in [0.4, 0.5) is 0 Å². The van der Waals surface area contributed by atoms with Crippen LogP contribution in [0.5, 0.6) is 17.2 Å². The summed E-state index contributed by atoms with van der Waals surface area (Å²) in [5, 5.41) is 9.07. The molecule has 4 aromatic rings. The predicted octanol–water partition coefficient (Wildman–Crippen LogP) is 5.69. The number of rotatable bonds is 14. The van der Waals surface area contributed by atoms with Gasteiger partial charge in [0.05, 0.1) is 19.9 Å². The van der Waals surface area contributed by atoms with Crippen molar-refractivity contribution < 1.29 is 42.1 Å². The zero-order chi connectivity index (χ0) is 34.1. The summed E-state index contributed by atoms with van der Waals surface area (Å²) in [4.78, 5) is 29.4. The van der Waals surface area contributed by atoms with Gasteiger partial charge in [-0.2, -0.15) is 4.31 Å². The molecule has 48 heavy (non-hydrogen) atoms. The van der Waals surface area contributed by atoms with Crippen LogP contribution in [-0.2, 0) is 30.8 Å². The highest BCUT2D eigenvalue weighted by molar-refractivity contribution is 7.89. The van der Waals surface area contributed by atoms with Gasteiger partial charge in [-0.25, -0.2) is 13.2 Å². The maximum atomic E-state index is 13.9. The Morgan fingerprint density at radius 3 is 2.44 bits per heavy atom. The van der Waals surface area contributed by atoms with Gasteiger partial charge in [0.25, 0.3) is 0 Å². The molecule has 11 nitrogen and oxygen atoms in total. The summed E-state index contributed by atoms with van der Waals surface area (Å²) in [6, 6.07) is 23.8. The number of carboxylic acid groups (broad SMARTS) is 1. The molecule has 3 aromatic carbocycles. The number of carbonyl (C=O) groups is 2. The Balaban J connectivity index is 1.39. The third-order valence-electron chi connectivity index (χ3n) is 8.13. The van der Waals surface area contributed by atoms with Crippen molar-refractivity contribution in [3.8, 4) is 28.5 Å². The van der Waals surface area contributed by atoms with Crippen molar-refractivity contribution in [2.75, 3.05) is 27.4 Å². The molecule has 0 aliphatic carbocycles. The van der Waals surface area contributed by atoms with E-state index >= 15 is 0 Å². The number of nitrogens with zero attached hydrogens (tertiary/aromatic N) is 2. The summed E-state index contributed by atoms with van der Waals surface area (Å²) in [6.07, 6.45) is 2.91. The van der Waals surface area contributed by atoms with E-state index in [1.165, 1.54) is 16.6 Å². The predicted molar refractivity (Wildman–Crippen MR) is 177 cm³/mol. The number of sulfonamides is 1. The van der Waals surface area contributed by atoms with Crippen molar-refractivity contribution in [3.05, 3.63) is 102 Å². The molecule has 5 rings (SSSR count). The molecule has 0 radical (unpaired) electrons. The van der Waals surface area contributed by atoms with Gasteiger partial charge in [-0.05, 0) is 79.6 Å². The normalized spacial score (nSPS) is 15.7. The highest BCUT2D eigenvalue weighted by Crippen LogP contribution is 2.33. The smallest absolute Gasteiger partial charge is 0.341 e. The number of aliphatic carboxylic acids is 1. The molecule has 12 heteroatoms. The van der Waals surface area contributed by atoms with Gasteiger partial charge < -0.3 is 24.1 Å². The molecule has 0 amide bonds. The molecule has 0 saturated carbocycles. The van der Waals surface area contributed by atoms with E-state index < -0.39 is 40.7 Å². The largest absolute Gasteiger partial charge is 0.493 e. The molecule has 1 aliphatic heterocycles. The fourth-order valence-corrected chi connectivity index (χ4v) is 7.26. The standard InChI is InChI=1S/C36H38N2O9S/c1-44-33-19-15-25(21-34(33)45-2)14-18-32(27-11-8-12-28(22-27)46-24-35(39)40)47-36(41)31-13-6-7-20-38(31)48(42,43)29-16-17-30(37-23-29)26-9-4-3-5-10-26/h3-5,8-12,15-17,19,21-23,31-32H,6-7,13-14,18,20,24H2,1-2H3,(H,39,40)/t31-,32+/m0/s1. The molecule has 1 aliphatic rings. The van der Waals surface area contributed by atoms with Crippen LogP contribution in [-0.4, -0.2) is 68.2 Å². The quantitative estimate of drug-likeness (QED) is 0.166. The maximum absolute atomic E-state index is 13.9. The first-order chi connectivity index (χ1) is 23.2. The molecular formula is C36H38N2O9S. The van der Waals surface area contributed by atoms with Crippen molar-refractivity contribution >= 4 is 22.0 Å². The number of hydrogen-bond donors (Lipinski definition) is 1. The fraction of sp³-hybridized carbons (Fsp3) is 0.306. The molecule has 1 N–H and O–H groups in total. The average Bonchev–Trinajstić information content (AvgIpc) is 3.12. The Morgan fingerprint density at radius 1 is 0.938 bits per heavy atom. The van der Waals surface area contributed by atoms with Crippen LogP contribution in [0.3, 0.4) is 0 Å². The molecule has 1 saturated heterocycles. The maximum Gasteiger partial charge on any atom is 0.341 e. The van der Waals surface area contributed by atoms with Crippen LogP contribution < -0.4 is 14.2 Å². The number of esters is 1. The molecule has 2 heterocycles. The Morgan fingerprint density at radius 2 is 1.73 bits per heavy atom. The summed E-state index contributed by atoms with van der Waals surface area (Å²) in [7, 11) is -0.978. The number of aryl methyl sites for hydroxylation is 1. The van der Waals surface area contributed by atoms with Crippen molar-refractivity contribution in [1.82, 2.24) is 9.29 Å². The van der Waals surface area contributed by atoms with Gasteiger partial charge in [0, 0.05) is 18.3 Å².